The van der Waals surface area contributed by atoms with E-state index in [2.05, 4.69) is 43.5 Å². The lowest BCUT2D eigenvalue weighted by molar-refractivity contribution is -0.143. The van der Waals surface area contributed by atoms with Crippen LogP contribution >= 0.6 is 0 Å². The van der Waals surface area contributed by atoms with Crippen molar-refractivity contribution < 1.29 is 24.5 Å². The third-order valence-electron chi connectivity index (χ3n) is 15.8. The highest BCUT2D eigenvalue weighted by Crippen LogP contribution is 2.18. The standard InChI is InChI=1S/C68H131NO5/c1-3-5-7-9-11-13-15-17-19-34-38-42-46-50-54-58-62-68(73)74-63-59-55-51-47-43-39-35-32-30-28-26-24-22-20-21-23-25-27-29-31-33-37-41-45-49-53-57-61-67(72)69-65(64-70)66(71)60-56-52-48-44-40-36-18-16-14-12-10-8-6-4-2/h20-21,24,26,65-66,70-71H,3-19,22-23,25,27-64H2,1-2H3,(H,69,72)/b21-20-,26-24-. The number of esters is 1. The predicted molar refractivity (Wildman–Crippen MR) is 324 cm³/mol. The summed E-state index contributed by atoms with van der Waals surface area (Å²) in [4.78, 5) is 24.6. The maximum atomic E-state index is 12.5. The summed E-state index contributed by atoms with van der Waals surface area (Å²) >= 11 is 0. The van der Waals surface area contributed by atoms with Gasteiger partial charge in [0.1, 0.15) is 0 Å². The molecule has 0 spiro atoms. The van der Waals surface area contributed by atoms with Gasteiger partial charge in [0.2, 0.25) is 5.91 Å². The summed E-state index contributed by atoms with van der Waals surface area (Å²) in [6.07, 6.45) is 79.2. The molecule has 0 aliphatic carbocycles. The van der Waals surface area contributed by atoms with Crippen LogP contribution in [0.25, 0.3) is 0 Å². The van der Waals surface area contributed by atoms with Gasteiger partial charge in [-0.15, -0.1) is 0 Å². The van der Waals surface area contributed by atoms with Crippen LogP contribution in [0.2, 0.25) is 0 Å². The Morgan fingerprint density at radius 3 is 1.03 bits per heavy atom. The largest absolute Gasteiger partial charge is 0.466 e. The van der Waals surface area contributed by atoms with Crippen molar-refractivity contribution in [2.45, 2.75) is 386 Å². The van der Waals surface area contributed by atoms with E-state index in [0.717, 1.165) is 44.9 Å². The number of amides is 1. The molecular weight excluding hydrogens is 911 g/mol. The van der Waals surface area contributed by atoms with Gasteiger partial charge in [-0.1, -0.05) is 327 Å². The summed E-state index contributed by atoms with van der Waals surface area (Å²) in [6, 6.07) is -0.543. The van der Waals surface area contributed by atoms with E-state index in [1.54, 1.807) is 0 Å². The number of aliphatic hydroxyl groups excluding tert-OH is 2. The second kappa shape index (κ2) is 63.9. The van der Waals surface area contributed by atoms with Gasteiger partial charge >= 0.3 is 5.97 Å². The molecule has 0 heterocycles. The first kappa shape index (κ1) is 72.3. The fourth-order valence-electron chi connectivity index (χ4n) is 10.6. The van der Waals surface area contributed by atoms with Gasteiger partial charge in [0.15, 0.2) is 0 Å². The second-order valence-electron chi connectivity index (χ2n) is 23.2. The zero-order valence-corrected chi connectivity index (χ0v) is 50.1. The van der Waals surface area contributed by atoms with Crippen molar-refractivity contribution >= 4 is 11.9 Å². The van der Waals surface area contributed by atoms with Crippen LogP contribution < -0.4 is 5.32 Å². The molecule has 1 amide bonds. The van der Waals surface area contributed by atoms with Crippen molar-refractivity contribution in [3.05, 3.63) is 24.3 Å². The van der Waals surface area contributed by atoms with Gasteiger partial charge in [-0.2, -0.15) is 0 Å². The SMILES string of the molecule is CCCCCCCCCCCCCCCCCCC(=O)OCCCCCCCCCCC/C=C\C/C=C\CCCCCCCCCCCCCC(=O)NC(CO)C(O)CCCCCCCCCCCCCCCC. The summed E-state index contributed by atoms with van der Waals surface area (Å²) in [5.41, 5.74) is 0. The summed E-state index contributed by atoms with van der Waals surface area (Å²) in [5.74, 6) is -0.0215. The quantitative estimate of drug-likeness (QED) is 0.0320. The topological polar surface area (TPSA) is 95.9 Å². The molecule has 6 nitrogen and oxygen atoms in total. The lowest BCUT2D eigenvalue weighted by Crippen LogP contribution is -2.45. The van der Waals surface area contributed by atoms with Crippen LogP contribution in [0.15, 0.2) is 24.3 Å². The Labute approximate surface area is 462 Å². The number of nitrogens with one attached hydrogen (secondary N) is 1. The molecule has 0 aliphatic heterocycles. The van der Waals surface area contributed by atoms with Crippen molar-refractivity contribution in [2.24, 2.45) is 0 Å². The highest BCUT2D eigenvalue weighted by atomic mass is 16.5. The van der Waals surface area contributed by atoms with E-state index in [9.17, 15) is 19.8 Å². The molecule has 2 unspecified atom stereocenters. The molecule has 0 fully saturated rings. The predicted octanol–water partition coefficient (Wildman–Crippen LogP) is 21.4. The molecule has 0 saturated carbocycles. The number of carbonyl (C=O) groups is 2. The van der Waals surface area contributed by atoms with Crippen LogP contribution in [0.4, 0.5) is 0 Å². The minimum absolute atomic E-state index is 0.0147. The first-order valence-electron chi connectivity index (χ1n) is 33.6. The Kier molecular flexibility index (Phi) is 62.4. The molecule has 0 rings (SSSR count). The molecule has 6 heteroatoms. The van der Waals surface area contributed by atoms with E-state index in [-0.39, 0.29) is 18.5 Å². The monoisotopic (exact) mass is 1040 g/mol. The van der Waals surface area contributed by atoms with Gasteiger partial charge in [-0.05, 0) is 57.8 Å². The summed E-state index contributed by atoms with van der Waals surface area (Å²) in [7, 11) is 0. The number of hydrogen-bond acceptors (Lipinski definition) is 5. The molecule has 0 radical (unpaired) electrons. The van der Waals surface area contributed by atoms with Crippen LogP contribution in [0.5, 0.6) is 0 Å². The Hall–Kier alpha value is -1.66. The maximum absolute atomic E-state index is 12.5. The van der Waals surface area contributed by atoms with E-state index in [1.807, 2.05) is 0 Å². The molecule has 74 heavy (non-hydrogen) atoms. The van der Waals surface area contributed by atoms with Gasteiger partial charge in [-0.25, -0.2) is 0 Å². The number of rotatable bonds is 63. The third-order valence-corrected chi connectivity index (χ3v) is 15.8. The van der Waals surface area contributed by atoms with E-state index in [0.29, 0.717) is 25.9 Å². The average Bonchev–Trinajstić information content (AvgIpc) is 3.40. The Balaban J connectivity index is 3.39. The van der Waals surface area contributed by atoms with Crippen molar-refractivity contribution in [1.82, 2.24) is 5.32 Å². The smallest absolute Gasteiger partial charge is 0.305 e. The Morgan fingerprint density at radius 2 is 0.676 bits per heavy atom. The summed E-state index contributed by atoms with van der Waals surface area (Å²) in [5, 5.41) is 23.3. The van der Waals surface area contributed by atoms with Gasteiger partial charge in [0.05, 0.1) is 25.4 Å². The number of aliphatic hydroxyl groups is 2. The van der Waals surface area contributed by atoms with Gasteiger partial charge in [0, 0.05) is 12.8 Å². The van der Waals surface area contributed by atoms with E-state index in [4.69, 9.17) is 4.74 Å². The first-order chi connectivity index (χ1) is 36.5. The van der Waals surface area contributed by atoms with Crippen molar-refractivity contribution in [3.8, 4) is 0 Å². The molecule has 3 N–H and O–H groups in total. The fourth-order valence-corrected chi connectivity index (χ4v) is 10.6. The van der Waals surface area contributed by atoms with E-state index >= 15 is 0 Å². The second-order valence-corrected chi connectivity index (χ2v) is 23.2. The fraction of sp³-hybridized carbons (Fsp3) is 0.912. The van der Waals surface area contributed by atoms with Crippen LogP contribution in [-0.2, 0) is 14.3 Å². The van der Waals surface area contributed by atoms with Gasteiger partial charge in [0.25, 0.3) is 0 Å². The molecule has 2 atom stereocenters. The average molecular weight is 1040 g/mol. The van der Waals surface area contributed by atoms with E-state index < -0.39 is 12.1 Å². The van der Waals surface area contributed by atoms with E-state index in [1.165, 1.54) is 295 Å². The number of hydrogen-bond donors (Lipinski definition) is 3. The van der Waals surface area contributed by atoms with Gasteiger partial charge < -0.3 is 20.3 Å². The zero-order chi connectivity index (χ0) is 53.6. The molecular formula is C68H131NO5. The third kappa shape index (κ3) is 59.6. The van der Waals surface area contributed by atoms with Crippen LogP contribution in [0.3, 0.4) is 0 Å². The Morgan fingerprint density at radius 1 is 0.378 bits per heavy atom. The van der Waals surface area contributed by atoms with Crippen LogP contribution in [-0.4, -0.2) is 47.4 Å². The minimum Gasteiger partial charge on any atom is -0.466 e. The molecule has 0 bridgehead atoms. The number of allylic oxidation sites excluding steroid dienone is 4. The normalized spacial score (nSPS) is 12.6. The minimum atomic E-state index is -0.666. The number of unbranched alkanes of at least 4 members (excludes halogenated alkanes) is 48. The summed E-state index contributed by atoms with van der Waals surface area (Å²) < 4.78 is 5.49. The maximum Gasteiger partial charge on any atom is 0.305 e. The lowest BCUT2D eigenvalue weighted by Gasteiger charge is -2.22. The van der Waals surface area contributed by atoms with Crippen molar-refractivity contribution in [3.63, 3.8) is 0 Å². The molecule has 0 aromatic heterocycles. The Bertz CT molecular complexity index is 1150. The van der Waals surface area contributed by atoms with Crippen LogP contribution in [0.1, 0.15) is 373 Å². The zero-order valence-electron chi connectivity index (χ0n) is 50.1. The molecule has 0 aromatic rings. The van der Waals surface area contributed by atoms with Crippen LogP contribution in [0, 0.1) is 0 Å². The van der Waals surface area contributed by atoms with Crippen molar-refractivity contribution in [2.75, 3.05) is 13.2 Å². The number of carbonyl (C=O) groups excluding carboxylic acids is 2. The molecule has 0 aliphatic rings. The van der Waals surface area contributed by atoms with Crippen molar-refractivity contribution in [1.29, 1.82) is 0 Å². The van der Waals surface area contributed by atoms with Gasteiger partial charge in [-0.3, -0.25) is 9.59 Å². The number of ether oxygens (including phenoxy) is 1. The molecule has 0 saturated heterocycles. The highest BCUT2D eigenvalue weighted by Gasteiger charge is 2.20. The first-order valence-corrected chi connectivity index (χ1v) is 33.6. The summed E-state index contributed by atoms with van der Waals surface area (Å²) in [6.45, 7) is 4.98. The highest BCUT2D eigenvalue weighted by molar-refractivity contribution is 5.76. The molecule has 438 valence electrons. The molecule has 0 aromatic carbocycles. The lowest BCUT2D eigenvalue weighted by atomic mass is 10.0.